The minimum atomic E-state index is -0.957. The van der Waals surface area contributed by atoms with Gasteiger partial charge in [-0.15, -0.1) is 0 Å². The second-order valence-electron chi connectivity index (χ2n) is 3.51. The molecule has 3 N–H and O–H groups in total. The van der Waals surface area contributed by atoms with Crippen LogP contribution in [-0.2, 0) is 0 Å². The zero-order valence-corrected chi connectivity index (χ0v) is 9.21. The topological polar surface area (TPSA) is 49.5 Å². The van der Waals surface area contributed by atoms with Crippen molar-refractivity contribution in [1.29, 1.82) is 0 Å². The van der Waals surface area contributed by atoms with Crippen LogP contribution in [0.5, 0.6) is 0 Å². The van der Waals surface area contributed by atoms with E-state index < -0.39 is 11.6 Å². The van der Waals surface area contributed by atoms with Crippen molar-refractivity contribution >= 4 is 11.4 Å². The molecule has 0 spiro atoms. The number of nitrogen functional groups attached to an aromatic ring is 1. The predicted molar refractivity (Wildman–Crippen MR) is 60.4 cm³/mol. The van der Waals surface area contributed by atoms with Crippen molar-refractivity contribution in [1.82, 2.24) is 0 Å². The number of hydrogen-bond acceptors (Lipinski definition) is 3. The zero-order valence-electron chi connectivity index (χ0n) is 9.21. The average molecular weight is 230 g/mol. The van der Waals surface area contributed by atoms with Gasteiger partial charge >= 0.3 is 0 Å². The lowest BCUT2D eigenvalue weighted by Crippen LogP contribution is -2.29. The Bertz CT molecular complexity index is 352. The van der Waals surface area contributed by atoms with Gasteiger partial charge < -0.3 is 15.7 Å². The van der Waals surface area contributed by atoms with E-state index in [1.165, 1.54) is 6.07 Å². The summed E-state index contributed by atoms with van der Waals surface area (Å²) in [4.78, 5) is 1.55. The highest BCUT2D eigenvalue weighted by molar-refractivity contribution is 5.68. The van der Waals surface area contributed by atoms with Crippen molar-refractivity contribution in [3.05, 3.63) is 23.8 Å². The summed E-state index contributed by atoms with van der Waals surface area (Å²) in [5.74, 6) is -1.88. The Kier molecular flexibility index (Phi) is 4.49. The SMILES string of the molecule is CCCN(CCO)c1c(N)ccc(F)c1F. The molecule has 1 aromatic carbocycles. The van der Waals surface area contributed by atoms with E-state index in [-0.39, 0.29) is 24.5 Å². The fourth-order valence-electron chi connectivity index (χ4n) is 1.60. The van der Waals surface area contributed by atoms with Crippen LogP contribution in [0.1, 0.15) is 13.3 Å². The second kappa shape index (κ2) is 5.65. The Hall–Kier alpha value is -1.36. The minimum Gasteiger partial charge on any atom is -0.397 e. The Morgan fingerprint density at radius 3 is 2.56 bits per heavy atom. The molecule has 0 aliphatic rings. The maximum atomic E-state index is 13.6. The van der Waals surface area contributed by atoms with Crippen LogP contribution in [0.3, 0.4) is 0 Å². The lowest BCUT2D eigenvalue weighted by molar-refractivity contribution is 0.301. The molecule has 0 unspecified atom stereocenters. The number of anilines is 2. The summed E-state index contributed by atoms with van der Waals surface area (Å²) < 4.78 is 26.7. The van der Waals surface area contributed by atoms with Gasteiger partial charge in [0, 0.05) is 13.1 Å². The molecule has 0 aliphatic carbocycles. The van der Waals surface area contributed by atoms with Gasteiger partial charge in [0.05, 0.1) is 18.0 Å². The number of halogens is 2. The number of nitrogens with zero attached hydrogens (tertiary/aromatic N) is 1. The van der Waals surface area contributed by atoms with Gasteiger partial charge in [-0.3, -0.25) is 0 Å². The predicted octanol–water partition coefficient (Wildman–Crippen LogP) is 1.76. The molecule has 3 nitrogen and oxygen atoms in total. The van der Waals surface area contributed by atoms with Crippen LogP contribution in [0.2, 0.25) is 0 Å². The Morgan fingerprint density at radius 1 is 1.31 bits per heavy atom. The van der Waals surface area contributed by atoms with E-state index in [1.807, 2.05) is 6.92 Å². The average Bonchev–Trinajstić information content (AvgIpc) is 2.25. The minimum absolute atomic E-state index is 0.0379. The third-order valence-electron chi connectivity index (χ3n) is 2.28. The quantitative estimate of drug-likeness (QED) is 0.758. The Balaban J connectivity index is 3.11. The lowest BCUT2D eigenvalue weighted by atomic mass is 10.2. The number of aliphatic hydroxyl groups excluding tert-OH is 1. The van der Waals surface area contributed by atoms with Crippen molar-refractivity contribution < 1.29 is 13.9 Å². The summed E-state index contributed by atoms with van der Waals surface area (Å²) in [6, 6.07) is 2.32. The summed E-state index contributed by atoms with van der Waals surface area (Å²) in [7, 11) is 0. The maximum Gasteiger partial charge on any atom is 0.184 e. The van der Waals surface area contributed by atoms with Crippen molar-refractivity contribution in [3.63, 3.8) is 0 Å². The van der Waals surface area contributed by atoms with Gasteiger partial charge in [0.2, 0.25) is 0 Å². The highest BCUT2D eigenvalue weighted by atomic mass is 19.2. The van der Waals surface area contributed by atoms with Crippen LogP contribution in [0.15, 0.2) is 12.1 Å². The molecule has 16 heavy (non-hydrogen) atoms. The first kappa shape index (κ1) is 12.7. The summed E-state index contributed by atoms with van der Waals surface area (Å²) in [5, 5.41) is 8.88. The molecule has 0 bridgehead atoms. The molecule has 5 heteroatoms. The van der Waals surface area contributed by atoms with Crippen molar-refractivity contribution in [2.45, 2.75) is 13.3 Å². The summed E-state index contributed by atoms with van der Waals surface area (Å²) in [5.41, 5.74) is 5.84. The second-order valence-corrected chi connectivity index (χ2v) is 3.51. The van der Waals surface area contributed by atoms with Crippen LogP contribution in [0.4, 0.5) is 20.2 Å². The molecule has 90 valence electrons. The molecule has 0 atom stereocenters. The Morgan fingerprint density at radius 2 is 2.00 bits per heavy atom. The molecular formula is C11H16F2N2O. The first-order valence-electron chi connectivity index (χ1n) is 5.21. The molecule has 0 amide bonds. The summed E-state index contributed by atoms with van der Waals surface area (Å²) in [6.45, 7) is 2.54. The van der Waals surface area contributed by atoms with Gasteiger partial charge in [-0.25, -0.2) is 8.78 Å². The third kappa shape index (κ3) is 2.61. The van der Waals surface area contributed by atoms with Gasteiger partial charge in [0.15, 0.2) is 11.6 Å². The van der Waals surface area contributed by atoms with E-state index in [4.69, 9.17) is 10.8 Å². The molecule has 1 rings (SSSR count). The summed E-state index contributed by atoms with van der Waals surface area (Å²) >= 11 is 0. The van der Waals surface area contributed by atoms with E-state index in [0.717, 1.165) is 12.5 Å². The van der Waals surface area contributed by atoms with Gasteiger partial charge in [0.25, 0.3) is 0 Å². The number of benzene rings is 1. The first-order chi connectivity index (χ1) is 7.61. The number of nitrogens with two attached hydrogens (primary N) is 1. The van der Waals surface area contributed by atoms with Crippen LogP contribution in [0.25, 0.3) is 0 Å². The largest absolute Gasteiger partial charge is 0.397 e. The van der Waals surface area contributed by atoms with Crippen LogP contribution in [-0.4, -0.2) is 24.8 Å². The van der Waals surface area contributed by atoms with E-state index in [0.29, 0.717) is 6.54 Å². The molecule has 1 aromatic rings. The molecule has 0 saturated heterocycles. The van der Waals surface area contributed by atoms with Crippen LogP contribution >= 0.6 is 0 Å². The van der Waals surface area contributed by atoms with E-state index >= 15 is 0 Å². The molecule has 0 aromatic heterocycles. The fraction of sp³-hybridized carbons (Fsp3) is 0.455. The van der Waals surface area contributed by atoms with Gasteiger partial charge in [-0.05, 0) is 18.6 Å². The zero-order chi connectivity index (χ0) is 12.1. The third-order valence-corrected chi connectivity index (χ3v) is 2.28. The van der Waals surface area contributed by atoms with Gasteiger partial charge in [-0.1, -0.05) is 6.92 Å². The van der Waals surface area contributed by atoms with Crippen LogP contribution in [0, 0.1) is 11.6 Å². The molecule has 0 heterocycles. The Labute approximate surface area is 93.5 Å². The molecule has 0 fully saturated rings. The standard InChI is InChI=1S/C11H16F2N2O/c1-2-5-15(6-7-16)11-9(14)4-3-8(12)10(11)13/h3-4,16H,2,5-7,14H2,1H3. The fourth-order valence-corrected chi connectivity index (χ4v) is 1.60. The molecular weight excluding hydrogens is 214 g/mol. The highest BCUT2D eigenvalue weighted by Crippen LogP contribution is 2.28. The van der Waals surface area contributed by atoms with E-state index in [2.05, 4.69) is 0 Å². The number of aliphatic hydroxyl groups is 1. The normalized spacial score (nSPS) is 10.5. The van der Waals surface area contributed by atoms with E-state index in [1.54, 1.807) is 4.90 Å². The molecule has 0 saturated carbocycles. The van der Waals surface area contributed by atoms with Gasteiger partial charge in [0.1, 0.15) is 0 Å². The van der Waals surface area contributed by atoms with Gasteiger partial charge in [-0.2, -0.15) is 0 Å². The molecule has 0 radical (unpaired) electrons. The summed E-state index contributed by atoms with van der Waals surface area (Å²) in [6.07, 6.45) is 0.759. The van der Waals surface area contributed by atoms with Crippen molar-refractivity contribution in [2.24, 2.45) is 0 Å². The smallest absolute Gasteiger partial charge is 0.184 e. The first-order valence-corrected chi connectivity index (χ1v) is 5.21. The van der Waals surface area contributed by atoms with Crippen molar-refractivity contribution in [3.8, 4) is 0 Å². The number of hydrogen-bond donors (Lipinski definition) is 2. The van der Waals surface area contributed by atoms with E-state index in [9.17, 15) is 8.78 Å². The highest BCUT2D eigenvalue weighted by Gasteiger charge is 2.17. The molecule has 0 aliphatic heterocycles. The van der Waals surface area contributed by atoms with Crippen molar-refractivity contribution in [2.75, 3.05) is 30.3 Å². The maximum absolute atomic E-state index is 13.6. The lowest BCUT2D eigenvalue weighted by Gasteiger charge is -2.25. The monoisotopic (exact) mass is 230 g/mol. The number of rotatable bonds is 5. The van der Waals surface area contributed by atoms with Crippen LogP contribution < -0.4 is 10.6 Å².